The van der Waals surface area contributed by atoms with E-state index in [0.717, 1.165) is 35.1 Å². The van der Waals surface area contributed by atoms with E-state index in [0.29, 0.717) is 25.1 Å². The number of pyridine rings is 1. The van der Waals surface area contributed by atoms with E-state index in [1.54, 1.807) is 18.3 Å². The Morgan fingerprint density at radius 1 is 1.19 bits per heavy atom. The standard InChI is InChI=1S/C34H38N2O6/c1-32-12-11-23(38)15-22(32)9-10-24-25-16-28-34(27(40)18-37,33(25,2)17-26(39)29(24)32)42-31(41-28)20-7-5-19(6-8-20)14-21-4-3-13-36-30(21)35/h3-8,11-13,15,24-26,28-29,31,37,39H,9-10,14,16-18H2,1-2H3,(H2,35,36)/t24-,25-,26-,28+,29+,31?,32-,33-,34+/m0/s1. The van der Waals surface area contributed by atoms with Crippen LogP contribution in [0, 0.1) is 28.6 Å². The van der Waals surface area contributed by atoms with Crippen molar-refractivity contribution >= 4 is 17.4 Å². The normalized spacial score (nSPS) is 40.1. The van der Waals surface area contributed by atoms with E-state index in [-0.39, 0.29) is 29.3 Å². The molecule has 5 aliphatic rings. The van der Waals surface area contributed by atoms with Gasteiger partial charge in [-0.3, -0.25) is 9.59 Å². The maximum absolute atomic E-state index is 13.7. The Kier molecular flexibility index (Phi) is 6.37. The van der Waals surface area contributed by atoms with Gasteiger partial charge in [-0.1, -0.05) is 55.8 Å². The molecule has 9 atom stereocenters. The Bertz CT molecular complexity index is 1500. The van der Waals surface area contributed by atoms with E-state index in [2.05, 4.69) is 11.9 Å². The molecule has 2 heterocycles. The molecule has 2 aromatic rings. The zero-order chi connectivity index (χ0) is 29.4. The molecule has 1 unspecified atom stereocenters. The highest BCUT2D eigenvalue weighted by atomic mass is 16.7. The number of aliphatic hydroxyl groups excluding tert-OH is 2. The van der Waals surface area contributed by atoms with Crippen molar-refractivity contribution in [2.75, 3.05) is 12.3 Å². The van der Waals surface area contributed by atoms with Gasteiger partial charge in [0.15, 0.2) is 23.5 Å². The number of nitrogens with zero attached hydrogens (tertiary/aromatic N) is 1. The van der Waals surface area contributed by atoms with Crippen LogP contribution in [-0.4, -0.2) is 51.2 Å². The highest BCUT2D eigenvalue weighted by Gasteiger charge is 2.75. The van der Waals surface area contributed by atoms with E-state index in [4.69, 9.17) is 15.2 Å². The fraction of sp³-hybridized carbons (Fsp3) is 0.500. The molecule has 0 bridgehead atoms. The first-order valence-electron chi connectivity index (χ1n) is 15.0. The van der Waals surface area contributed by atoms with Crippen molar-refractivity contribution in [3.05, 3.63) is 83.1 Å². The van der Waals surface area contributed by atoms with E-state index in [1.165, 1.54) is 0 Å². The lowest BCUT2D eigenvalue weighted by Gasteiger charge is -2.59. The van der Waals surface area contributed by atoms with E-state index >= 15 is 0 Å². The van der Waals surface area contributed by atoms with Crippen molar-refractivity contribution in [2.45, 2.75) is 70.1 Å². The molecule has 4 fully saturated rings. The number of aliphatic hydroxyl groups is 2. The lowest BCUT2D eigenvalue weighted by Crippen LogP contribution is -2.63. The second-order valence-corrected chi connectivity index (χ2v) is 13.3. The maximum Gasteiger partial charge on any atom is 0.193 e. The van der Waals surface area contributed by atoms with Gasteiger partial charge in [-0.15, -0.1) is 0 Å². The number of ether oxygens (including phenoxy) is 2. The number of allylic oxidation sites excluding steroid dienone is 4. The number of fused-ring (bicyclic) bond motifs is 7. The number of carbonyl (C=O) groups excluding carboxylic acids is 2. The molecule has 0 spiro atoms. The van der Waals surface area contributed by atoms with Crippen LogP contribution in [0.2, 0.25) is 0 Å². The van der Waals surface area contributed by atoms with Gasteiger partial charge in [0.1, 0.15) is 12.4 Å². The molecular weight excluding hydrogens is 532 g/mol. The number of aromatic nitrogens is 1. The molecule has 4 N–H and O–H groups in total. The zero-order valence-corrected chi connectivity index (χ0v) is 24.0. The van der Waals surface area contributed by atoms with Crippen LogP contribution >= 0.6 is 0 Å². The second kappa shape index (κ2) is 9.67. The number of benzene rings is 1. The third-order valence-corrected chi connectivity index (χ3v) is 11.4. The Balaban J connectivity index is 1.18. The monoisotopic (exact) mass is 570 g/mol. The van der Waals surface area contributed by atoms with Gasteiger partial charge in [-0.05, 0) is 66.9 Å². The number of rotatable bonds is 5. The summed E-state index contributed by atoms with van der Waals surface area (Å²) in [7, 11) is 0. The van der Waals surface area contributed by atoms with E-state index in [9.17, 15) is 19.8 Å². The van der Waals surface area contributed by atoms with Gasteiger partial charge in [-0.25, -0.2) is 4.98 Å². The number of ketones is 2. The van der Waals surface area contributed by atoms with E-state index < -0.39 is 41.5 Å². The number of Topliss-reactive ketones (excluding diaryl/α,β-unsaturated/α-hetero) is 1. The van der Waals surface area contributed by atoms with Crippen LogP contribution in [0.1, 0.15) is 62.5 Å². The average molecular weight is 571 g/mol. The Hall–Kier alpha value is -3.17. The van der Waals surface area contributed by atoms with Crippen LogP contribution in [0.15, 0.2) is 66.4 Å². The number of nitrogen functional groups attached to an aromatic ring is 1. The largest absolute Gasteiger partial charge is 0.393 e. The topological polar surface area (TPSA) is 132 Å². The summed E-state index contributed by atoms with van der Waals surface area (Å²) in [5.74, 6) is 0.230. The lowest BCUT2D eigenvalue weighted by molar-refractivity contribution is -0.201. The first-order valence-corrected chi connectivity index (χ1v) is 15.0. The van der Waals surface area contributed by atoms with Crippen LogP contribution in [-0.2, 0) is 25.5 Å². The Labute approximate surface area is 245 Å². The Morgan fingerprint density at radius 2 is 1.98 bits per heavy atom. The van der Waals surface area contributed by atoms with Gasteiger partial charge in [-0.2, -0.15) is 0 Å². The molecule has 8 heteroatoms. The summed E-state index contributed by atoms with van der Waals surface area (Å²) in [5, 5.41) is 22.0. The highest BCUT2D eigenvalue weighted by molar-refractivity contribution is 6.01. The summed E-state index contributed by atoms with van der Waals surface area (Å²) < 4.78 is 13.2. The molecule has 4 aliphatic carbocycles. The molecule has 220 valence electrons. The molecular formula is C34H38N2O6. The van der Waals surface area contributed by atoms with E-state index in [1.807, 2.05) is 49.4 Å². The molecule has 7 rings (SSSR count). The first-order chi connectivity index (χ1) is 20.1. The van der Waals surface area contributed by atoms with Crippen LogP contribution in [0.3, 0.4) is 0 Å². The van der Waals surface area contributed by atoms with Gasteiger partial charge in [0.25, 0.3) is 0 Å². The molecule has 1 aromatic carbocycles. The average Bonchev–Trinajstić information content (AvgIpc) is 3.47. The second-order valence-electron chi connectivity index (χ2n) is 13.3. The van der Waals surface area contributed by atoms with Crippen LogP contribution in [0.5, 0.6) is 0 Å². The number of hydrogen-bond acceptors (Lipinski definition) is 8. The van der Waals surface area contributed by atoms with Crippen molar-refractivity contribution in [1.29, 1.82) is 0 Å². The van der Waals surface area contributed by atoms with Crippen LogP contribution in [0.4, 0.5) is 5.82 Å². The van der Waals surface area contributed by atoms with Crippen molar-refractivity contribution in [3.8, 4) is 0 Å². The number of anilines is 1. The number of nitrogens with two attached hydrogens (primary N) is 1. The molecule has 1 aliphatic heterocycles. The summed E-state index contributed by atoms with van der Waals surface area (Å²) in [6.45, 7) is 3.52. The quantitative estimate of drug-likeness (QED) is 0.494. The summed E-state index contributed by atoms with van der Waals surface area (Å²) in [5.41, 5.74) is 7.42. The van der Waals surface area contributed by atoms with Gasteiger partial charge in [0.05, 0.1) is 12.2 Å². The van der Waals surface area contributed by atoms with Gasteiger partial charge in [0.2, 0.25) is 0 Å². The fourth-order valence-electron chi connectivity index (χ4n) is 9.45. The molecule has 8 nitrogen and oxygen atoms in total. The van der Waals surface area contributed by atoms with Gasteiger partial charge < -0.3 is 25.4 Å². The number of hydrogen-bond donors (Lipinski definition) is 3. The third kappa shape index (κ3) is 3.78. The van der Waals surface area contributed by atoms with Gasteiger partial charge >= 0.3 is 0 Å². The van der Waals surface area contributed by atoms with Crippen LogP contribution in [0.25, 0.3) is 0 Å². The molecule has 0 amide bonds. The summed E-state index contributed by atoms with van der Waals surface area (Å²) in [6, 6.07) is 11.7. The molecule has 1 saturated heterocycles. The summed E-state index contributed by atoms with van der Waals surface area (Å²) in [6.07, 6.45) is 8.23. The SMILES string of the molecule is C[C@]12C=CC(=O)C=C1CC[C@@H]1[C@@H]2[C@@H](O)C[C@@]2(C)[C@H]1C[C@H]1OC(c3ccc(Cc4cccnc4N)cc3)O[C@]12C(=O)CO. The fourth-order valence-corrected chi connectivity index (χ4v) is 9.45. The first kappa shape index (κ1) is 27.7. The van der Waals surface area contributed by atoms with Crippen molar-refractivity contribution in [2.24, 2.45) is 28.6 Å². The summed E-state index contributed by atoms with van der Waals surface area (Å²) >= 11 is 0. The molecule has 3 saturated carbocycles. The predicted octanol–water partition coefficient (Wildman–Crippen LogP) is 3.86. The molecule has 1 aromatic heterocycles. The third-order valence-electron chi connectivity index (χ3n) is 11.4. The Morgan fingerprint density at radius 3 is 2.71 bits per heavy atom. The zero-order valence-electron chi connectivity index (χ0n) is 24.0. The molecule has 0 radical (unpaired) electrons. The maximum atomic E-state index is 13.7. The predicted molar refractivity (Wildman–Crippen MR) is 155 cm³/mol. The highest BCUT2D eigenvalue weighted by Crippen LogP contribution is 2.70. The summed E-state index contributed by atoms with van der Waals surface area (Å²) in [4.78, 5) is 30.0. The van der Waals surface area contributed by atoms with Crippen molar-refractivity contribution in [3.63, 3.8) is 0 Å². The van der Waals surface area contributed by atoms with Crippen molar-refractivity contribution in [1.82, 2.24) is 4.98 Å². The molecule has 42 heavy (non-hydrogen) atoms. The minimum absolute atomic E-state index is 0.000959. The smallest absolute Gasteiger partial charge is 0.193 e. The van der Waals surface area contributed by atoms with Crippen molar-refractivity contribution < 1.29 is 29.3 Å². The minimum atomic E-state index is -1.36. The lowest BCUT2D eigenvalue weighted by atomic mass is 9.46. The van der Waals surface area contributed by atoms with Crippen LogP contribution < -0.4 is 5.73 Å². The minimum Gasteiger partial charge on any atom is -0.393 e. The number of carbonyl (C=O) groups is 2. The van der Waals surface area contributed by atoms with Gasteiger partial charge in [0, 0.05) is 34.9 Å².